The molecule has 2 saturated carbocycles. The molecule has 0 N–H and O–H groups in total. The highest BCUT2D eigenvalue weighted by molar-refractivity contribution is 5.10. The largest absolute Gasteiger partial charge is 0.0998 e. The molecule has 0 spiro atoms. The fourth-order valence-corrected chi connectivity index (χ4v) is 4.20. The van der Waals surface area contributed by atoms with E-state index in [1.54, 1.807) is 0 Å². The Labute approximate surface area is 88.8 Å². The van der Waals surface area contributed by atoms with Crippen LogP contribution in [-0.2, 0) is 0 Å². The molecule has 0 aromatic carbocycles. The standard InChI is InChI=1S/C14H24/c1-11-6-7-12-13(2,3)8-5-9-14(12,4)10-11/h12H,1,5-10H2,2-4H3/t12-,14?/m0/s1. The van der Waals surface area contributed by atoms with Crippen molar-refractivity contribution in [1.29, 1.82) is 0 Å². The Morgan fingerprint density at radius 1 is 1.21 bits per heavy atom. The maximum absolute atomic E-state index is 4.20. The van der Waals surface area contributed by atoms with Crippen LogP contribution >= 0.6 is 0 Å². The number of hydrogen-bond donors (Lipinski definition) is 0. The second-order valence-corrected chi connectivity index (χ2v) is 6.51. The predicted octanol–water partition coefficient (Wildman–Crippen LogP) is 4.56. The Morgan fingerprint density at radius 3 is 2.64 bits per heavy atom. The van der Waals surface area contributed by atoms with Crippen LogP contribution in [0.1, 0.15) is 59.3 Å². The molecule has 0 aromatic heterocycles. The van der Waals surface area contributed by atoms with E-state index in [-0.39, 0.29) is 0 Å². The van der Waals surface area contributed by atoms with Crippen LogP contribution < -0.4 is 0 Å². The number of allylic oxidation sites excluding steroid dienone is 1. The maximum atomic E-state index is 4.20. The molecular weight excluding hydrogens is 168 g/mol. The summed E-state index contributed by atoms with van der Waals surface area (Å²) in [7, 11) is 0. The van der Waals surface area contributed by atoms with E-state index in [9.17, 15) is 0 Å². The lowest BCUT2D eigenvalue weighted by Gasteiger charge is -2.54. The molecule has 0 saturated heterocycles. The average molecular weight is 192 g/mol. The zero-order valence-corrected chi connectivity index (χ0v) is 10.0. The van der Waals surface area contributed by atoms with Gasteiger partial charge in [-0.25, -0.2) is 0 Å². The van der Waals surface area contributed by atoms with Gasteiger partial charge in [0.15, 0.2) is 0 Å². The van der Waals surface area contributed by atoms with Gasteiger partial charge in [0, 0.05) is 0 Å². The molecule has 0 heteroatoms. The topological polar surface area (TPSA) is 0 Å². The van der Waals surface area contributed by atoms with E-state index in [1.165, 1.54) is 44.1 Å². The van der Waals surface area contributed by atoms with E-state index >= 15 is 0 Å². The van der Waals surface area contributed by atoms with Crippen LogP contribution in [0.25, 0.3) is 0 Å². The Kier molecular flexibility index (Phi) is 2.28. The summed E-state index contributed by atoms with van der Waals surface area (Å²) >= 11 is 0. The van der Waals surface area contributed by atoms with E-state index in [0.29, 0.717) is 10.8 Å². The molecule has 0 amide bonds. The Balaban J connectivity index is 2.25. The molecule has 0 aromatic rings. The quantitative estimate of drug-likeness (QED) is 0.494. The highest BCUT2D eigenvalue weighted by Gasteiger charge is 2.47. The van der Waals surface area contributed by atoms with Crippen molar-refractivity contribution >= 4 is 0 Å². The fourth-order valence-electron chi connectivity index (χ4n) is 4.20. The molecule has 2 fully saturated rings. The molecule has 2 rings (SSSR count). The molecule has 2 aliphatic carbocycles. The Morgan fingerprint density at radius 2 is 1.93 bits per heavy atom. The number of fused-ring (bicyclic) bond motifs is 1. The van der Waals surface area contributed by atoms with Crippen LogP contribution in [0.4, 0.5) is 0 Å². The van der Waals surface area contributed by atoms with E-state index in [1.807, 2.05) is 0 Å². The molecule has 80 valence electrons. The first kappa shape index (κ1) is 10.3. The first-order valence-corrected chi connectivity index (χ1v) is 6.11. The van der Waals surface area contributed by atoms with E-state index < -0.39 is 0 Å². The van der Waals surface area contributed by atoms with Gasteiger partial charge in [-0.05, 0) is 48.9 Å². The first-order valence-electron chi connectivity index (χ1n) is 6.11. The molecule has 0 heterocycles. The van der Waals surface area contributed by atoms with Crippen LogP contribution in [0.2, 0.25) is 0 Å². The normalized spacial score (nSPS) is 41.9. The van der Waals surface area contributed by atoms with Crippen LogP contribution in [0.3, 0.4) is 0 Å². The minimum atomic E-state index is 0.577. The third-order valence-electron chi connectivity index (χ3n) is 4.79. The van der Waals surface area contributed by atoms with Gasteiger partial charge in [-0.2, -0.15) is 0 Å². The molecule has 0 aliphatic heterocycles. The van der Waals surface area contributed by atoms with Crippen LogP contribution in [0, 0.1) is 16.7 Å². The SMILES string of the molecule is C=C1CC[C@H]2C(C)(C)CCCC2(C)C1. The van der Waals surface area contributed by atoms with E-state index in [4.69, 9.17) is 0 Å². The lowest BCUT2D eigenvalue weighted by Crippen LogP contribution is -2.44. The van der Waals surface area contributed by atoms with Crippen LogP contribution in [-0.4, -0.2) is 0 Å². The number of hydrogen-bond acceptors (Lipinski definition) is 0. The minimum absolute atomic E-state index is 0.577. The zero-order chi connectivity index (χ0) is 10.4. The summed E-state index contributed by atoms with van der Waals surface area (Å²) in [6.07, 6.45) is 8.25. The van der Waals surface area contributed by atoms with Gasteiger partial charge in [0.2, 0.25) is 0 Å². The van der Waals surface area contributed by atoms with Crippen LogP contribution in [0.15, 0.2) is 12.2 Å². The van der Waals surface area contributed by atoms with Crippen molar-refractivity contribution in [2.24, 2.45) is 16.7 Å². The molecule has 0 radical (unpaired) electrons. The van der Waals surface area contributed by atoms with Crippen molar-refractivity contribution in [1.82, 2.24) is 0 Å². The van der Waals surface area contributed by atoms with Crippen molar-refractivity contribution in [3.05, 3.63) is 12.2 Å². The lowest BCUT2D eigenvalue weighted by molar-refractivity contribution is -0.0168. The monoisotopic (exact) mass is 192 g/mol. The summed E-state index contributed by atoms with van der Waals surface area (Å²) < 4.78 is 0. The third-order valence-corrected chi connectivity index (χ3v) is 4.79. The highest BCUT2D eigenvalue weighted by Crippen LogP contribution is 2.58. The lowest BCUT2D eigenvalue weighted by atomic mass is 9.51. The molecule has 0 bridgehead atoms. The first-order chi connectivity index (χ1) is 6.44. The predicted molar refractivity (Wildman–Crippen MR) is 62.2 cm³/mol. The molecule has 2 aliphatic rings. The van der Waals surface area contributed by atoms with E-state index in [2.05, 4.69) is 27.4 Å². The summed E-state index contributed by atoms with van der Waals surface area (Å²) in [6.45, 7) is 11.7. The van der Waals surface area contributed by atoms with Gasteiger partial charge in [-0.1, -0.05) is 39.3 Å². The van der Waals surface area contributed by atoms with Gasteiger partial charge in [-0.3, -0.25) is 0 Å². The smallest absolute Gasteiger partial charge is 0.0255 e. The summed E-state index contributed by atoms with van der Waals surface area (Å²) in [5.74, 6) is 0.939. The second kappa shape index (κ2) is 3.12. The Hall–Kier alpha value is -0.260. The number of rotatable bonds is 0. The van der Waals surface area contributed by atoms with Crippen LogP contribution in [0.5, 0.6) is 0 Å². The summed E-state index contributed by atoms with van der Waals surface area (Å²) in [5.41, 5.74) is 2.66. The van der Waals surface area contributed by atoms with Gasteiger partial charge in [0.1, 0.15) is 0 Å². The summed E-state index contributed by atoms with van der Waals surface area (Å²) in [5, 5.41) is 0. The van der Waals surface area contributed by atoms with Gasteiger partial charge in [0.25, 0.3) is 0 Å². The fraction of sp³-hybridized carbons (Fsp3) is 0.857. The average Bonchev–Trinajstić information content (AvgIpc) is 2.00. The van der Waals surface area contributed by atoms with Gasteiger partial charge >= 0.3 is 0 Å². The van der Waals surface area contributed by atoms with Gasteiger partial charge < -0.3 is 0 Å². The summed E-state index contributed by atoms with van der Waals surface area (Å²) in [6, 6.07) is 0. The zero-order valence-electron chi connectivity index (χ0n) is 10.0. The maximum Gasteiger partial charge on any atom is -0.0255 e. The Bertz CT molecular complexity index is 249. The minimum Gasteiger partial charge on any atom is -0.0998 e. The molecule has 14 heavy (non-hydrogen) atoms. The summed E-state index contributed by atoms with van der Waals surface area (Å²) in [4.78, 5) is 0. The molecule has 2 atom stereocenters. The van der Waals surface area contributed by atoms with Crippen molar-refractivity contribution in [2.75, 3.05) is 0 Å². The highest BCUT2D eigenvalue weighted by atomic mass is 14.5. The van der Waals surface area contributed by atoms with Gasteiger partial charge in [-0.15, -0.1) is 0 Å². The molecular formula is C14H24. The van der Waals surface area contributed by atoms with Crippen molar-refractivity contribution in [2.45, 2.75) is 59.3 Å². The van der Waals surface area contributed by atoms with Gasteiger partial charge in [0.05, 0.1) is 0 Å². The third kappa shape index (κ3) is 1.53. The molecule has 0 nitrogen and oxygen atoms in total. The second-order valence-electron chi connectivity index (χ2n) is 6.51. The van der Waals surface area contributed by atoms with Crippen molar-refractivity contribution < 1.29 is 0 Å². The van der Waals surface area contributed by atoms with E-state index in [0.717, 1.165) is 5.92 Å². The molecule has 1 unspecified atom stereocenters. The van der Waals surface area contributed by atoms with Crippen molar-refractivity contribution in [3.8, 4) is 0 Å². The van der Waals surface area contributed by atoms with Crippen molar-refractivity contribution in [3.63, 3.8) is 0 Å².